The van der Waals surface area contributed by atoms with Crippen molar-refractivity contribution in [2.24, 2.45) is 0 Å². The van der Waals surface area contributed by atoms with Gasteiger partial charge < -0.3 is 48.2 Å². The van der Waals surface area contributed by atoms with Crippen LogP contribution in [0.4, 0.5) is 0 Å². The van der Waals surface area contributed by atoms with Gasteiger partial charge in [0, 0.05) is 45.5 Å². The molecule has 0 aliphatic heterocycles. The molecule has 0 aromatic heterocycles. The number of phosphoric ester groups is 2. The molecule has 0 aromatic rings. The fourth-order valence-corrected chi connectivity index (χ4v) is 12.4. The lowest BCUT2D eigenvalue weighted by Gasteiger charge is -2.21. The molecule has 552 valence electrons. The van der Waals surface area contributed by atoms with Crippen LogP contribution in [0.2, 0.25) is 0 Å². The first-order valence-electron chi connectivity index (χ1n) is 38.1. The topological polar surface area (TPSA) is 237 Å². The number of hydrogen-bond donors (Lipinski definition) is 3. The number of phosphoric acid groups is 2. The molecule has 0 amide bonds. The van der Waals surface area contributed by atoms with Crippen LogP contribution < -0.4 is 0 Å². The summed E-state index contributed by atoms with van der Waals surface area (Å²) in [5.41, 5.74) is 0. The number of carbonyl (C=O) groups is 4. The van der Waals surface area contributed by atoms with Crippen molar-refractivity contribution in [3.05, 3.63) is 36.5 Å². The summed E-state index contributed by atoms with van der Waals surface area (Å²) in [5.74, 6) is -0.450. The number of ether oxygens (including phenoxy) is 4. The number of aliphatic hydroxyl groups excluding tert-OH is 1. The normalized spacial score (nSPS) is 14.3. The lowest BCUT2D eigenvalue weighted by atomic mass is 10.0. The van der Waals surface area contributed by atoms with Crippen molar-refractivity contribution in [3.8, 4) is 0 Å². The van der Waals surface area contributed by atoms with Gasteiger partial charge in [0.25, 0.3) is 0 Å². The molecule has 0 rings (SSSR count). The molecule has 0 aliphatic carbocycles. The molecule has 0 fully saturated rings. The average molecular weight is 1380 g/mol. The Labute approximate surface area is 573 Å². The SMILES string of the molecule is CCCCCCCCCCCCCCCC(=O)O[C@H](COCCCCCCC/C=C\CCCCCCC=O)COP(=O)(O)OC[C@H](O)COP(=O)(O)OC[C@@H](COCCCCCCCCC/C=C\CCCCCCC=O)OCCCCCCC/C=C\CCCCCCC=O. The highest BCUT2D eigenvalue weighted by molar-refractivity contribution is 7.47. The van der Waals surface area contributed by atoms with Crippen molar-refractivity contribution in [2.75, 3.05) is 59.5 Å². The summed E-state index contributed by atoms with van der Waals surface area (Å²) in [4.78, 5) is 65.6. The Morgan fingerprint density at radius 2 is 0.596 bits per heavy atom. The van der Waals surface area contributed by atoms with E-state index >= 15 is 0 Å². The van der Waals surface area contributed by atoms with Crippen molar-refractivity contribution in [1.82, 2.24) is 0 Å². The Morgan fingerprint density at radius 3 is 0.936 bits per heavy atom. The van der Waals surface area contributed by atoms with Gasteiger partial charge in [0.15, 0.2) is 0 Å². The van der Waals surface area contributed by atoms with E-state index in [0.29, 0.717) is 45.5 Å². The minimum Gasteiger partial charge on any atom is -0.457 e. The zero-order valence-corrected chi connectivity index (χ0v) is 61.3. The summed E-state index contributed by atoms with van der Waals surface area (Å²) >= 11 is 0. The zero-order chi connectivity index (χ0) is 68.5. The van der Waals surface area contributed by atoms with E-state index in [2.05, 4.69) is 43.4 Å². The van der Waals surface area contributed by atoms with E-state index in [1.807, 2.05) is 0 Å². The molecule has 0 saturated carbocycles. The second-order valence-corrected chi connectivity index (χ2v) is 28.7. The Morgan fingerprint density at radius 1 is 0.330 bits per heavy atom. The highest BCUT2D eigenvalue weighted by Crippen LogP contribution is 2.45. The molecule has 2 unspecified atom stereocenters. The lowest BCUT2D eigenvalue weighted by molar-refractivity contribution is -0.154. The summed E-state index contributed by atoms with van der Waals surface area (Å²) in [7, 11) is -9.55. The van der Waals surface area contributed by atoms with Gasteiger partial charge in [0.05, 0.1) is 39.6 Å². The highest BCUT2D eigenvalue weighted by Gasteiger charge is 2.29. The summed E-state index contributed by atoms with van der Waals surface area (Å²) in [6.07, 6.45) is 68.7. The molecule has 19 heteroatoms. The quantitative estimate of drug-likeness (QED) is 0.0169. The van der Waals surface area contributed by atoms with Crippen LogP contribution in [0.15, 0.2) is 36.5 Å². The van der Waals surface area contributed by atoms with E-state index in [9.17, 15) is 43.2 Å². The first-order valence-corrected chi connectivity index (χ1v) is 41.1. The van der Waals surface area contributed by atoms with Crippen molar-refractivity contribution in [3.63, 3.8) is 0 Å². The second-order valence-electron chi connectivity index (χ2n) is 25.8. The van der Waals surface area contributed by atoms with Crippen molar-refractivity contribution < 1.29 is 80.2 Å². The van der Waals surface area contributed by atoms with Gasteiger partial charge in [0.2, 0.25) is 0 Å². The first-order chi connectivity index (χ1) is 46.0. The molecular formula is C75H140O17P2. The van der Waals surface area contributed by atoms with Crippen molar-refractivity contribution in [1.29, 1.82) is 0 Å². The number of hydrogen-bond acceptors (Lipinski definition) is 15. The van der Waals surface area contributed by atoms with Crippen LogP contribution in [0.1, 0.15) is 341 Å². The minimum absolute atomic E-state index is 0.0493. The summed E-state index contributed by atoms with van der Waals surface area (Å²) in [6, 6.07) is 0. The van der Waals surface area contributed by atoms with Crippen LogP contribution in [0.5, 0.6) is 0 Å². The summed E-state index contributed by atoms with van der Waals surface area (Å²) in [5, 5.41) is 10.6. The van der Waals surface area contributed by atoms with Crippen LogP contribution in [-0.2, 0) is 65.4 Å². The predicted molar refractivity (Wildman–Crippen MR) is 382 cm³/mol. The van der Waals surface area contributed by atoms with E-state index in [4.69, 9.17) is 37.0 Å². The lowest BCUT2D eigenvalue weighted by Crippen LogP contribution is -2.29. The van der Waals surface area contributed by atoms with Gasteiger partial charge in [-0.2, -0.15) is 0 Å². The minimum atomic E-state index is -4.82. The van der Waals surface area contributed by atoms with Gasteiger partial charge in [-0.25, -0.2) is 9.13 Å². The molecule has 0 spiro atoms. The summed E-state index contributed by atoms with van der Waals surface area (Å²) in [6.45, 7) is 1.36. The monoisotopic (exact) mass is 1370 g/mol. The van der Waals surface area contributed by atoms with Crippen molar-refractivity contribution in [2.45, 2.75) is 359 Å². The molecule has 0 bridgehead atoms. The molecule has 3 N–H and O–H groups in total. The van der Waals surface area contributed by atoms with Crippen LogP contribution in [0.25, 0.3) is 0 Å². The number of aldehydes is 3. The smallest absolute Gasteiger partial charge is 0.457 e. The second kappa shape index (κ2) is 73.5. The predicted octanol–water partition coefficient (Wildman–Crippen LogP) is 20.5. The average Bonchev–Trinajstić information content (AvgIpc) is 2.97. The van der Waals surface area contributed by atoms with E-state index in [1.165, 1.54) is 96.3 Å². The number of unbranched alkanes of at least 4 members (excludes halogenated alkanes) is 44. The standard InChI is InChI=1S/C75H140O17P2/c1-2-3-4-5-6-7-8-17-24-31-38-45-52-59-75(80)92-74(69-86-64-57-50-43-36-29-22-15-12-19-26-33-40-47-54-61-77)71-91-94(83,84)89-67-72(79)66-88-93(81,82)90-70-73(87-65-58-51-44-37-30-23-16-13-20-27-34-41-48-55-62-78)68-85-63-56-49-42-35-28-21-14-10-9-11-18-25-32-39-46-53-60-76/h9,11-13,15-16,60-62,72-74,79H,2-8,10,14,17-59,63-71H2,1H3,(H,81,82)(H,83,84)/b11-9-,15-12-,16-13-/t72-,73-,74-/m1/s1. The maximum Gasteiger partial charge on any atom is 0.472 e. The van der Waals surface area contributed by atoms with Gasteiger partial charge in [-0.1, -0.05) is 230 Å². The molecule has 0 radical (unpaired) electrons. The van der Waals surface area contributed by atoms with E-state index in [0.717, 1.165) is 224 Å². The Hall–Kier alpha value is -2.24. The van der Waals surface area contributed by atoms with Gasteiger partial charge >= 0.3 is 21.6 Å². The molecule has 0 aromatic carbocycles. The molecule has 5 atom stereocenters. The highest BCUT2D eigenvalue weighted by atomic mass is 31.2. The molecule has 0 saturated heterocycles. The number of carbonyl (C=O) groups excluding carboxylic acids is 4. The third kappa shape index (κ3) is 72.5. The van der Waals surface area contributed by atoms with Crippen LogP contribution in [0, 0.1) is 0 Å². The Kier molecular flexibility index (Phi) is 71.7. The Bertz CT molecular complexity index is 1840. The molecular weight excluding hydrogens is 1230 g/mol. The molecule has 0 aliphatic rings. The first kappa shape index (κ1) is 91.8. The Balaban J connectivity index is 5.09. The number of esters is 1. The molecule has 94 heavy (non-hydrogen) atoms. The largest absolute Gasteiger partial charge is 0.472 e. The fourth-order valence-electron chi connectivity index (χ4n) is 10.8. The maximum absolute atomic E-state index is 13.1. The van der Waals surface area contributed by atoms with Crippen LogP contribution in [-0.4, -0.2) is 117 Å². The van der Waals surface area contributed by atoms with Gasteiger partial charge in [-0.15, -0.1) is 0 Å². The number of rotatable bonds is 79. The number of aliphatic hydroxyl groups is 1. The molecule has 17 nitrogen and oxygen atoms in total. The van der Waals surface area contributed by atoms with Crippen molar-refractivity contribution >= 4 is 40.5 Å². The zero-order valence-electron chi connectivity index (χ0n) is 59.5. The van der Waals surface area contributed by atoms with Crippen LogP contribution >= 0.6 is 15.6 Å². The fraction of sp³-hybridized carbons (Fsp3) is 0.867. The third-order valence-corrected chi connectivity index (χ3v) is 18.5. The molecule has 0 heterocycles. The van der Waals surface area contributed by atoms with Gasteiger partial charge in [-0.05, 0) is 122 Å². The van der Waals surface area contributed by atoms with Crippen LogP contribution in [0.3, 0.4) is 0 Å². The third-order valence-electron chi connectivity index (χ3n) is 16.6. The maximum atomic E-state index is 13.1. The number of allylic oxidation sites excluding steroid dienone is 6. The summed E-state index contributed by atoms with van der Waals surface area (Å²) < 4.78 is 70.5. The van der Waals surface area contributed by atoms with E-state index in [-0.39, 0.29) is 26.2 Å². The van der Waals surface area contributed by atoms with E-state index in [1.54, 1.807) is 0 Å². The van der Waals surface area contributed by atoms with Gasteiger partial charge in [-0.3, -0.25) is 22.9 Å². The van der Waals surface area contributed by atoms with Gasteiger partial charge in [0.1, 0.15) is 37.2 Å². The van der Waals surface area contributed by atoms with E-state index < -0.39 is 59.7 Å².